The van der Waals surface area contributed by atoms with Crippen LogP contribution in [0.4, 0.5) is 0 Å². The number of fused-ring (bicyclic) bond motifs is 2. The quantitative estimate of drug-likeness (QED) is 0.531. The van der Waals surface area contributed by atoms with Crippen molar-refractivity contribution in [3.05, 3.63) is 76.5 Å². The molecule has 130 valence electrons. The highest BCUT2D eigenvalue weighted by Gasteiger charge is 2.17. The lowest BCUT2D eigenvalue weighted by Gasteiger charge is -2.09. The van der Waals surface area contributed by atoms with Crippen molar-refractivity contribution in [2.75, 3.05) is 0 Å². The topological polar surface area (TPSA) is 56.9 Å². The van der Waals surface area contributed by atoms with Gasteiger partial charge in [0.05, 0.1) is 17.4 Å². The molecule has 0 saturated carbocycles. The van der Waals surface area contributed by atoms with Crippen LogP contribution in [0.5, 0.6) is 0 Å². The van der Waals surface area contributed by atoms with E-state index in [2.05, 4.69) is 9.55 Å². The first-order valence-electron chi connectivity index (χ1n) is 8.67. The number of Topliss-reactive ketones (excluding diaryl/α,β-unsaturated/α-hetero) is 1. The number of nitrogens with zero attached hydrogens (tertiary/aromatic N) is 3. The van der Waals surface area contributed by atoms with Gasteiger partial charge in [0.1, 0.15) is 5.82 Å². The zero-order valence-corrected chi connectivity index (χ0v) is 14.8. The molecule has 2 aromatic heterocycles. The fourth-order valence-electron chi connectivity index (χ4n) is 3.42. The van der Waals surface area contributed by atoms with E-state index in [1.807, 2.05) is 55.6 Å². The van der Waals surface area contributed by atoms with E-state index in [0.29, 0.717) is 22.3 Å². The molecule has 2 heterocycles. The van der Waals surface area contributed by atoms with Crippen LogP contribution >= 0.6 is 0 Å². The molecule has 2 aromatic carbocycles. The van der Waals surface area contributed by atoms with Gasteiger partial charge in [-0.2, -0.15) is 0 Å². The van der Waals surface area contributed by atoms with Crippen molar-refractivity contribution in [3.63, 3.8) is 0 Å². The van der Waals surface area contributed by atoms with E-state index in [9.17, 15) is 9.59 Å². The number of rotatable bonds is 4. The van der Waals surface area contributed by atoms with Crippen LogP contribution in [0.15, 0.2) is 59.5 Å². The summed E-state index contributed by atoms with van der Waals surface area (Å²) in [6.45, 7) is 4.57. The van der Waals surface area contributed by atoms with Crippen molar-refractivity contribution in [2.24, 2.45) is 0 Å². The normalized spacial score (nSPS) is 11.3. The van der Waals surface area contributed by atoms with Gasteiger partial charge < -0.3 is 4.57 Å². The Balaban J connectivity index is 1.81. The van der Waals surface area contributed by atoms with E-state index in [0.717, 1.165) is 17.4 Å². The maximum atomic E-state index is 13.0. The predicted octanol–water partition coefficient (Wildman–Crippen LogP) is 3.56. The number of aromatic nitrogens is 3. The van der Waals surface area contributed by atoms with E-state index in [1.165, 1.54) is 4.57 Å². The summed E-state index contributed by atoms with van der Waals surface area (Å²) in [6, 6.07) is 15.1. The van der Waals surface area contributed by atoms with Gasteiger partial charge in [-0.05, 0) is 32.0 Å². The minimum absolute atomic E-state index is 0.0137. The Hall–Kier alpha value is -3.21. The fraction of sp³-hybridized carbons (Fsp3) is 0.190. The summed E-state index contributed by atoms with van der Waals surface area (Å²) in [5.41, 5.74) is 2.14. The lowest BCUT2D eigenvalue weighted by atomic mass is 10.1. The number of hydrogen-bond acceptors (Lipinski definition) is 3. The molecule has 5 nitrogen and oxygen atoms in total. The SMILES string of the molecule is CCn1cc(C(=O)Cn2c(C)nc3ccccc3c2=O)c2ccccc21. The zero-order valence-electron chi connectivity index (χ0n) is 14.8. The number of para-hydroxylation sites is 2. The van der Waals surface area contributed by atoms with Crippen LogP contribution in [0, 0.1) is 6.92 Å². The van der Waals surface area contributed by atoms with Gasteiger partial charge in [-0.3, -0.25) is 14.2 Å². The van der Waals surface area contributed by atoms with Crippen molar-refractivity contribution in [1.29, 1.82) is 0 Å². The lowest BCUT2D eigenvalue weighted by molar-refractivity contribution is 0.0971. The van der Waals surface area contributed by atoms with E-state index >= 15 is 0 Å². The summed E-state index contributed by atoms with van der Waals surface area (Å²) in [5, 5.41) is 1.45. The molecule has 4 aromatic rings. The first-order chi connectivity index (χ1) is 12.6. The molecule has 5 heteroatoms. The van der Waals surface area contributed by atoms with E-state index in [4.69, 9.17) is 0 Å². The molecule has 0 spiro atoms. The maximum absolute atomic E-state index is 13.0. The monoisotopic (exact) mass is 345 g/mol. The molecule has 0 aliphatic rings. The second kappa shape index (κ2) is 6.26. The molecular weight excluding hydrogens is 326 g/mol. The fourth-order valence-corrected chi connectivity index (χ4v) is 3.42. The average Bonchev–Trinajstić information content (AvgIpc) is 3.04. The lowest BCUT2D eigenvalue weighted by Crippen LogP contribution is -2.27. The zero-order chi connectivity index (χ0) is 18.3. The summed E-state index contributed by atoms with van der Waals surface area (Å²) >= 11 is 0. The first-order valence-corrected chi connectivity index (χ1v) is 8.67. The molecule has 0 saturated heterocycles. The molecule has 4 rings (SSSR count). The molecule has 0 aliphatic heterocycles. The molecule has 0 aliphatic carbocycles. The molecule has 0 radical (unpaired) electrons. The highest BCUT2D eigenvalue weighted by molar-refractivity contribution is 6.08. The van der Waals surface area contributed by atoms with Crippen molar-refractivity contribution >= 4 is 27.6 Å². The Morgan fingerprint density at radius 1 is 1.04 bits per heavy atom. The first kappa shape index (κ1) is 16.3. The summed E-state index contributed by atoms with van der Waals surface area (Å²) in [4.78, 5) is 30.3. The van der Waals surface area contributed by atoms with Crippen molar-refractivity contribution in [3.8, 4) is 0 Å². The average molecular weight is 345 g/mol. The van der Waals surface area contributed by atoms with Gasteiger partial charge in [0.2, 0.25) is 0 Å². The number of aryl methyl sites for hydroxylation is 2. The third-order valence-electron chi connectivity index (χ3n) is 4.78. The van der Waals surface area contributed by atoms with Crippen molar-refractivity contribution in [2.45, 2.75) is 26.9 Å². The molecule has 0 atom stereocenters. The maximum Gasteiger partial charge on any atom is 0.261 e. The molecule has 26 heavy (non-hydrogen) atoms. The largest absolute Gasteiger partial charge is 0.347 e. The van der Waals surface area contributed by atoms with Crippen LogP contribution in [-0.2, 0) is 13.1 Å². The van der Waals surface area contributed by atoms with Crippen LogP contribution < -0.4 is 5.56 Å². The van der Waals surface area contributed by atoms with Gasteiger partial charge in [-0.15, -0.1) is 0 Å². The number of ketones is 1. The molecular formula is C21H19N3O2. The van der Waals surface area contributed by atoms with Crippen molar-refractivity contribution < 1.29 is 4.79 Å². The van der Waals surface area contributed by atoms with Crippen LogP contribution in [0.3, 0.4) is 0 Å². The van der Waals surface area contributed by atoms with Crippen LogP contribution in [0.2, 0.25) is 0 Å². The second-order valence-corrected chi connectivity index (χ2v) is 6.34. The molecule has 0 unspecified atom stereocenters. The summed E-state index contributed by atoms with van der Waals surface area (Å²) < 4.78 is 3.51. The third-order valence-corrected chi connectivity index (χ3v) is 4.78. The van der Waals surface area contributed by atoms with Gasteiger partial charge in [-0.1, -0.05) is 30.3 Å². The number of benzene rings is 2. The Labute approximate surface area is 150 Å². The van der Waals surface area contributed by atoms with E-state index in [1.54, 1.807) is 13.0 Å². The Morgan fingerprint density at radius 3 is 2.50 bits per heavy atom. The number of carbonyl (C=O) groups excluding carboxylic acids is 1. The second-order valence-electron chi connectivity index (χ2n) is 6.34. The van der Waals surface area contributed by atoms with Gasteiger partial charge >= 0.3 is 0 Å². The number of hydrogen-bond donors (Lipinski definition) is 0. The van der Waals surface area contributed by atoms with Gasteiger partial charge in [0.25, 0.3) is 5.56 Å². The van der Waals surface area contributed by atoms with Gasteiger partial charge in [-0.25, -0.2) is 4.98 Å². The smallest absolute Gasteiger partial charge is 0.261 e. The highest BCUT2D eigenvalue weighted by atomic mass is 16.1. The van der Waals surface area contributed by atoms with E-state index < -0.39 is 0 Å². The Kier molecular flexibility index (Phi) is 3.92. The standard InChI is InChI=1S/C21H19N3O2/c1-3-23-12-17(15-8-5-7-11-19(15)23)20(25)13-24-14(2)22-18-10-6-4-9-16(18)21(24)26/h4-12H,3,13H2,1-2H3. The van der Waals surface area contributed by atoms with Crippen LogP contribution in [-0.4, -0.2) is 19.9 Å². The molecule has 0 amide bonds. The summed E-state index contributed by atoms with van der Waals surface area (Å²) in [7, 11) is 0. The minimum atomic E-state index is -0.180. The Morgan fingerprint density at radius 2 is 1.73 bits per heavy atom. The summed E-state index contributed by atoms with van der Waals surface area (Å²) in [6.07, 6.45) is 1.88. The van der Waals surface area contributed by atoms with Crippen LogP contribution in [0.1, 0.15) is 23.1 Å². The molecule has 0 bridgehead atoms. The van der Waals surface area contributed by atoms with Gasteiger partial charge in [0, 0.05) is 29.2 Å². The minimum Gasteiger partial charge on any atom is -0.347 e. The Bertz CT molecular complexity index is 1200. The molecule has 0 N–H and O–H groups in total. The van der Waals surface area contributed by atoms with Gasteiger partial charge in [0.15, 0.2) is 5.78 Å². The third kappa shape index (κ3) is 2.52. The predicted molar refractivity (Wildman–Crippen MR) is 103 cm³/mol. The van der Waals surface area contributed by atoms with Crippen LogP contribution in [0.25, 0.3) is 21.8 Å². The highest BCUT2D eigenvalue weighted by Crippen LogP contribution is 2.22. The summed E-state index contributed by atoms with van der Waals surface area (Å²) in [5.74, 6) is 0.456. The molecule has 0 fully saturated rings. The number of carbonyl (C=O) groups is 1. The van der Waals surface area contributed by atoms with Crippen molar-refractivity contribution in [1.82, 2.24) is 14.1 Å². The van der Waals surface area contributed by atoms with E-state index in [-0.39, 0.29) is 17.9 Å².